The number of benzene rings is 2. The van der Waals surface area contributed by atoms with E-state index in [4.69, 9.17) is 0 Å². The maximum Gasteiger partial charge on any atom is 0.165 e. The molecule has 1 aromatic heterocycles. The number of para-hydroxylation sites is 3. The van der Waals surface area contributed by atoms with Crippen molar-refractivity contribution >= 4 is 11.4 Å². The molecule has 2 aromatic carbocycles. The molecule has 5 nitrogen and oxygen atoms in total. The van der Waals surface area contributed by atoms with Crippen LogP contribution in [-0.2, 0) is 13.1 Å². The molecule has 1 aliphatic rings. The highest BCUT2D eigenvalue weighted by Gasteiger charge is 2.25. The second kappa shape index (κ2) is 5.27. The van der Waals surface area contributed by atoms with Crippen LogP contribution in [0.4, 0.5) is 11.4 Å². The van der Waals surface area contributed by atoms with E-state index in [1.54, 1.807) is 0 Å². The Morgan fingerprint density at radius 3 is 2.50 bits per heavy atom. The Kier molecular flexibility index (Phi) is 3.12. The summed E-state index contributed by atoms with van der Waals surface area (Å²) in [5.74, 6) is 1.79. The summed E-state index contributed by atoms with van der Waals surface area (Å²) >= 11 is 0. The highest BCUT2D eigenvalue weighted by atomic mass is 15.4. The fourth-order valence-electron chi connectivity index (χ4n) is 2.86. The molecule has 0 radical (unpaired) electrons. The average molecular weight is 291 g/mol. The number of anilines is 2. The SMILES string of the molecule is CNCc1nc2n(n1)-c1ccccc1N(c1ccccc1)C2. The molecule has 0 spiro atoms. The predicted molar refractivity (Wildman–Crippen MR) is 86.4 cm³/mol. The van der Waals surface area contributed by atoms with Crippen LogP contribution in [0.25, 0.3) is 5.69 Å². The molecule has 0 atom stereocenters. The first-order chi connectivity index (χ1) is 10.9. The monoisotopic (exact) mass is 291 g/mol. The number of aromatic nitrogens is 3. The second-order valence-electron chi connectivity index (χ2n) is 5.30. The number of nitrogens with zero attached hydrogens (tertiary/aromatic N) is 4. The molecule has 3 aromatic rings. The fourth-order valence-corrected chi connectivity index (χ4v) is 2.86. The van der Waals surface area contributed by atoms with Crippen LogP contribution in [0.3, 0.4) is 0 Å². The van der Waals surface area contributed by atoms with E-state index in [1.807, 2.05) is 23.9 Å². The van der Waals surface area contributed by atoms with Crippen LogP contribution in [0.15, 0.2) is 54.6 Å². The van der Waals surface area contributed by atoms with Crippen molar-refractivity contribution in [2.75, 3.05) is 11.9 Å². The summed E-state index contributed by atoms with van der Waals surface area (Å²) in [6, 6.07) is 18.7. The first kappa shape index (κ1) is 13.0. The van der Waals surface area contributed by atoms with Gasteiger partial charge in [-0.3, -0.25) is 0 Å². The molecule has 0 saturated carbocycles. The van der Waals surface area contributed by atoms with E-state index in [-0.39, 0.29) is 0 Å². The zero-order chi connectivity index (χ0) is 14.9. The summed E-state index contributed by atoms with van der Waals surface area (Å²) in [7, 11) is 1.91. The Balaban J connectivity index is 1.85. The minimum Gasteiger partial charge on any atom is -0.332 e. The Hall–Kier alpha value is -2.66. The number of fused-ring (bicyclic) bond motifs is 3. The molecule has 1 aliphatic heterocycles. The Morgan fingerprint density at radius 2 is 1.73 bits per heavy atom. The molecule has 0 aliphatic carbocycles. The van der Waals surface area contributed by atoms with Crippen LogP contribution in [0.2, 0.25) is 0 Å². The van der Waals surface area contributed by atoms with Crippen LogP contribution in [0.5, 0.6) is 0 Å². The molecule has 0 fully saturated rings. The predicted octanol–water partition coefficient (Wildman–Crippen LogP) is 2.64. The number of rotatable bonds is 3. The van der Waals surface area contributed by atoms with Crippen molar-refractivity contribution in [2.45, 2.75) is 13.1 Å². The van der Waals surface area contributed by atoms with Gasteiger partial charge in [-0.1, -0.05) is 30.3 Å². The van der Waals surface area contributed by atoms with E-state index in [1.165, 1.54) is 5.69 Å². The van der Waals surface area contributed by atoms with E-state index in [9.17, 15) is 0 Å². The molecule has 0 amide bonds. The lowest BCUT2D eigenvalue weighted by atomic mass is 10.1. The lowest BCUT2D eigenvalue weighted by molar-refractivity contribution is 0.723. The van der Waals surface area contributed by atoms with Gasteiger partial charge >= 0.3 is 0 Å². The minimum atomic E-state index is 0.674. The van der Waals surface area contributed by atoms with Crippen molar-refractivity contribution in [1.82, 2.24) is 20.1 Å². The van der Waals surface area contributed by atoms with E-state index in [0.717, 1.165) is 29.6 Å². The zero-order valence-corrected chi connectivity index (χ0v) is 12.4. The first-order valence-corrected chi connectivity index (χ1v) is 7.38. The molecule has 5 heteroatoms. The van der Waals surface area contributed by atoms with Crippen molar-refractivity contribution in [3.05, 3.63) is 66.2 Å². The summed E-state index contributed by atoms with van der Waals surface area (Å²) in [4.78, 5) is 6.94. The lowest BCUT2D eigenvalue weighted by Crippen LogP contribution is -2.25. The van der Waals surface area contributed by atoms with Crippen molar-refractivity contribution in [3.8, 4) is 5.69 Å². The maximum absolute atomic E-state index is 4.66. The molecule has 0 saturated heterocycles. The third-order valence-electron chi connectivity index (χ3n) is 3.82. The summed E-state index contributed by atoms with van der Waals surface area (Å²) < 4.78 is 1.96. The number of nitrogens with one attached hydrogen (secondary N) is 1. The van der Waals surface area contributed by atoms with Gasteiger partial charge in [0.1, 0.15) is 0 Å². The van der Waals surface area contributed by atoms with E-state index in [0.29, 0.717) is 6.54 Å². The Labute approximate surface area is 129 Å². The van der Waals surface area contributed by atoms with Crippen molar-refractivity contribution in [2.24, 2.45) is 0 Å². The first-order valence-electron chi connectivity index (χ1n) is 7.38. The molecule has 0 bridgehead atoms. The topological polar surface area (TPSA) is 46.0 Å². The molecule has 2 heterocycles. The van der Waals surface area contributed by atoms with Crippen molar-refractivity contribution in [1.29, 1.82) is 0 Å². The van der Waals surface area contributed by atoms with Gasteiger partial charge in [-0.15, -0.1) is 5.10 Å². The van der Waals surface area contributed by atoms with Crippen molar-refractivity contribution in [3.63, 3.8) is 0 Å². The lowest BCUT2D eigenvalue weighted by Gasteiger charge is -2.30. The maximum atomic E-state index is 4.66. The van der Waals surface area contributed by atoms with Crippen LogP contribution in [-0.4, -0.2) is 21.8 Å². The van der Waals surface area contributed by atoms with Gasteiger partial charge in [0.2, 0.25) is 0 Å². The molecule has 4 rings (SSSR count). The molecular formula is C17H17N5. The van der Waals surface area contributed by atoms with Gasteiger partial charge in [0.15, 0.2) is 11.6 Å². The van der Waals surface area contributed by atoms with Crippen LogP contribution in [0.1, 0.15) is 11.6 Å². The van der Waals surface area contributed by atoms with E-state index < -0.39 is 0 Å². The Morgan fingerprint density at radius 1 is 1.00 bits per heavy atom. The molecule has 22 heavy (non-hydrogen) atoms. The van der Waals surface area contributed by atoms with Gasteiger partial charge in [-0.2, -0.15) is 0 Å². The van der Waals surface area contributed by atoms with Crippen molar-refractivity contribution < 1.29 is 0 Å². The summed E-state index contributed by atoms with van der Waals surface area (Å²) in [5.41, 5.74) is 3.39. The third kappa shape index (κ3) is 2.07. The van der Waals surface area contributed by atoms with Crippen LogP contribution in [0, 0.1) is 0 Å². The number of hydrogen-bond donors (Lipinski definition) is 1. The molecule has 0 unspecified atom stereocenters. The standard InChI is InChI=1S/C17H17N5/c1-18-11-16-19-17-12-21(13-7-3-2-4-8-13)14-9-5-6-10-15(14)22(17)20-16/h2-10,18H,11-12H2,1H3. The van der Waals surface area contributed by atoms with Gasteiger partial charge in [-0.25, -0.2) is 9.67 Å². The normalized spacial score (nSPS) is 12.9. The second-order valence-corrected chi connectivity index (χ2v) is 5.30. The summed E-state index contributed by atoms with van der Waals surface area (Å²) in [6.45, 7) is 1.39. The minimum absolute atomic E-state index is 0.674. The zero-order valence-electron chi connectivity index (χ0n) is 12.4. The van der Waals surface area contributed by atoms with Crippen LogP contribution >= 0.6 is 0 Å². The highest BCUT2D eigenvalue weighted by molar-refractivity contribution is 5.73. The molecule has 1 N–H and O–H groups in total. The summed E-state index contributed by atoms with van der Waals surface area (Å²) in [5, 5.41) is 7.73. The van der Waals surface area contributed by atoms with Gasteiger partial charge in [0, 0.05) is 5.69 Å². The van der Waals surface area contributed by atoms with Gasteiger partial charge < -0.3 is 10.2 Å². The Bertz CT molecular complexity index is 794. The third-order valence-corrected chi connectivity index (χ3v) is 3.82. The quantitative estimate of drug-likeness (QED) is 0.806. The largest absolute Gasteiger partial charge is 0.332 e. The fraction of sp³-hybridized carbons (Fsp3) is 0.176. The molecular weight excluding hydrogens is 274 g/mol. The van der Waals surface area contributed by atoms with Crippen LogP contribution < -0.4 is 10.2 Å². The average Bonchev–Trinajstić information content (AvgIpc) is 2.98. The van der Waals surface area contributed by atoms with E-state index in [2.05, 4.69) is 62.8 Å². The van der Waals surface area contributed by atoms with Gasteiger partial charge in [0.05, 0.1) is 24.5 Å². The smallest absolute Gasteiger partial charge is 0.165 e. The van der Waals surface area contributed by atoms with E-state index >= 15 is 0 Å². The molecule has 110 valence electrons. The summed E-state index contributed by atoms with van der Waals surface area (Å²) in [6.07, 6.45) is 0. The highest BCUT2D eigenvalue weighted by Crippen LogP contribution is 2.36. The van der Waals surface area contributed by atoms with Gasteiger partial charge in [-0.05, 0) is 31.3 Å². The number of hydrogen-bond acceptors (Lipinski definition) is 4. The van der Waals surface area contributed by atoms with Gasteiger partial charge in [0.25, 0.3) is 0 Å².